The third-order valence-corrected chi connectivity index (χ3v) is 6.63. The molecule has 0 heterocycles. The number of hydrogen-bond acceptors (Lipinski definition) is 3. The monoisotopic (exact) mass is 462 g/mol. The van der Waals surface area contributed by atoms with Gasteiger partial charge in [-0.1, -0.05) is 135 Å². The summed E-state index contributed by atoms with van der Waals surface area (Å²) in [4.78, 5) is 28.5. The molecule has 4 aromatic carbocycles. The Balaban J connectivity index is 1.96. The van der Waals surface area contributed by atoms with Crippen molar-refractivity contribution in [1.29, 1.82) is 0 Å². The molecule has 4 aromatic rings. The zero-order chi connectivity index (χ0) is 24.7. The number of ketones is 2. The van der Waals surface area contributed by atoms with Crippen LogP contribution in [0.3, 0.4) is 0 Å². The van der Waals surface area contributed by atoms with Crippen molar-refractivity contribution in [3.05, 3.63) is 144 Å². The highest BCUT2D eigenvalue weighted by molar-refractivity contribution is 6.05. The molecule has 0 aromatic heterocycles. The quantitative estimate of drug-likeness (QED) is 0.231. The molecule has 4 rings (SSSR count). The summed E-state index contributed by atoms with van der Waals surface area (Å²) in [7, 11) is 0. The Hall–Kier alpha value is -3.82. The molecule has 0 saturated heterocycles. The maximum atomic E-state index is 14.2. The molecule has 0 amide bonds. The van der Waals surface area contributed by atoms with Crippen molar-refractivity contribution in [2.24, 2.45) is 0 Å². The van der Waals surface area contributed by atoms with E-state index in [1.807, 2.05) is 111 Å². The highest BCUT2D eigenvalue weighted by Crippen LogP contribution is 2.44. The third-order valence-electron chi connectivity index (χ3n) is 6.63. The van der Waals surface area contributed by atoms with Crippen molar-refractivity contribution in [1.82, 2.24) is 0 Å². The maximum Gasteiger partial charge on any atom is 0.199 e. The standard InChI is InChI=1S/C32H30O3/c1-3-31(27-21-13-7-14-22-27,29(33)25-17-9-5-10-18-25)35-32(4-2,28-23-15-8-16-24-28)30(34)26-19-11-6-12-20-26/h5-24H,3-4H2,1-2H3. The van der Waals surface area contributed by atoms with Gasteiger partial charge in [0.25, 0.3) is 0 Å². The summed E-state index contributed by atoms with van der Waals surface area (Å²) in [6.45, 7) is 3.87. The zero-order valence-corrected chi connectivity index (χ0v) is 20.2. The van der Waals surface area contributed by atoms with E-state index in [9.17, 15) is 9.59 Å². The molecule has 0 saturated carbocycles. The number of Topliss-reactive ketones (excluding diaryl/α,β-unsaturated/α-hetero) is 2. The Kier molecular flexibility index (Phi) is 7.38. The van der Waals surface area contributed by atoms with Crippen LogP contribution in [0.1, 0.15) is 58.5 Å². The molecular weight excluding hydrogens is 432 g/mol. The van der Waals surface area contributed by atoms with E-state index in [-0.39, 0.29) is 11.6 Å². The van der Waals surface area contributed by atoms with Crippen molar-refractivity contribution in [2.75, 3.05) is 0 Å². The largest absolute Gasteiger partial charge is 0.343 e. The van der Waals surface area contributed by atoms with Gasteiger partial charge in [0.2, 0.25) is 0 Å². The molecule has 0 bridgehead atoms. The van der Waals surface area contributed by atoms with E-state index in [0.717, 1.165) is 11.1 Å². The van der Waals surface area contributed by atoms with Gasteiger partial charge in [0, 0.05) is 11.1 Å². The van der Waals surface area contributed by atoms with Gasteiger partial charge in [0.05, 0.1) is 0 Å². The van der Waals surface area contributed by atoms with Gasteiger partial charge >= 0.3 is 0 Å². The molecule has 3 heteroatoms. The fourth-order valence-corrected chi connectivity index (χ4v) is 4.70. The van der Waals surface area contributed by atoms with Gasteiger partial charge in [-0.3, -0.25) is 9.59 Å². The number of carbonyl (C=O) groups excluding carboxylic acids is 2. The first kappa shape index (κ1) is 24.3. The molecule has 0 spiro atoms. The minimum Gasteiger partial charge on any atom is -0.343 e. The molecule has 0 aliphatic rings. The van der Waals surface area contributed by atoms with E-state index < -0.39 is 11.2 Å². The lowest BCUT2D eigenvalue weighted by Crippen LogP contribution is -2.49. The van der Waals surface area contributed by atoms with Crippen molar-refractivity contribution < 1.29 is 14.3 Å². The molecule has 2 atom stereocenters. The smallest absolute Gasteiger partial charge is 0.199 e. The Labute approximate surface area is 207 Å². The Morgan fingerprint density at radius 3 is 1.09 bits per heavy atom. The molecule has 176 valence electrons. The van der Waals surface area contributed by atoms with E-state index in [1.165, 1.54) is 0 Å². The Bertz CT molecular complexity index is 1150. The average molecular weight is 463 g/mol. The summed E-state index contributed by atoms with van der Waals surface area (Å²) in [5.41, 5.74) is -0.179. The van der Waals surface area contributed by atoms with E-state index in [0.29, 0.717) is 24.0 Å². The summed E-state index contributed by atoms with van der Waals surface area (Å²) in [6.07, 6.45) is 0.725. The Morgan fingerprint density at radius 2 is 0.800 bits per heavy atom. The van der Waals surface area contributed by atoms with E-state index in [2.05, 4.69) is 0 Å². The maximum absolute atomic E-state index is 14.2. The van der Waals surface area contributed by atoms with Crippen LogP contribution in [0.4, 0.5) is 0 Å². The van der Waals surface area contributed by atoms with Crippen LogP contribution in [0, 0.1) is 0 Å². The topological polar surface area (TPSA) is 43.4 Å². The summed E-state index contributed by atoms with van der Waals surface area (Å²) >= 11 is 0. The molecule has 0 radical (unpaired) electrons. The van der Waals surface area contributed by atoms with Crippen molar-refractivity contribution in [3.63, 3.8) is 0 Å². The number of ether oxygens (including phenoxy) is 1. The summed E-state index contributed by atoms with van der Waals surface area (Å²) in [5.74, 6) is -0.331. The van der Waals surface area contributed by atoms with Gasteiger partial charge in [0.15, 0.2) is 22.8 Å². The molecule has 3 nitrogen and oxygen atoms in total. The SMILES string of the molecule is CCC(OC(CC)(C(=O)c1ccccc1)c1ccccc1)(C(=O)c1ccccc1)c1ccccc1. The number of benzene rings is 4. The van der Waals surface area contributed by atoms with Crippen LogP contribution >= 0.6 is 0 Å². The van der Waals surface area contributed by atoms with Gasteiger partial charge in [-0.25, -0.2) is 0 Å². The first-order chi connectivity index (χ1) is 17.1. The van der Waals surface area contributed by atoms with Gasteiger partial charge < -0.3 is 4.74 Å². The summed E-state index contributed by atoms with van der Waals surface area (Å²) in [6, 6.07) is 37.4. The van der Waals surface area contributed by atoms with Crippen LogP contribution in [-0.2, 0) is 15.9 Å². The van der Waals surface area contributed by atoms with Gasteiger partial charge in [-0.05, 0) is 24.0 Å². The minimum atomic E-state index is -1.36. The van der Waals surface area contributed by atoms with Gasteiger partial charge in [-0.15, -0.1) is 0 Å². The molecule has 0 N–H and O–H groups in total. The lowest BCUT2D eigenvalue weighted by Gasteiger charge is -2.42. The summed E-state index contributed by atoms with van der Waals surface area (Å²) < 4.78 is 7.03. The fraction of sp³-hybridized carbons (Fsp3) is 0.188. The van der Waals surface area contributed by atoms with Crippen molar-refractivity contribution in [3.8, 4) is 0 Å². The summed E-state index contributed by atoms with van der Waals surface area (Å²) in [5, 5.41) is 0. The molecular formula is C32H30O3. The molecule has 2 unspecified atom stereocenters. The average Bonchev–Trinajstić information content (AvgIpc) is 2.95. The van der Waals surface area contributed by atoms with Crippen LogP contribution in [0.5, 0.6) is 0 Å². The number of rotatable bonds is 10. The minimum absolute atomic E-state index is 0.165. The Morgan fingerprint density at radius 1 is 0.514 bits per heavy atom. The van der Waals surface area contributed by atoms with Gasteiger partial charge in [0.1, 0.15) is 0 Å². The lowest BCUT2D eigenvalue weighted by atomic mass is 9.78. The first-order valence-corrected chi connectivity index (χ1v) is 12.1. The zero-order valence-electron chi connectivity index (χ0n) is 20.2. The highest BCUT2D eigenvalue weighted by atomic mass is 16.5. The molecule has 0 aliphatic heterocycles. The third kappa shape index (κ3) is 4.60. The van der Waals surface area contributed by atoms with E-state index in [1.54, 1.807) is 24.3 Å². The second-order valence-corrected chi connectivity index (χ2v) is 8.59. The van der Waals surface area contributed by atoms with Crippen LogP contribution in [-0.4, -0.2) is 11.6 Å². The highest BCUT2D eigenvalue weighted by Gasteiger charge is 2.51. The predicted octanol–water partition coefficient (Wildman–Crippen LogP) is 7.38. The second kappa shape index (κ2) is 10.6. The second-order valence-electron chi connectivity index (χ2n) is 8.59. The first-order valence-electron chi connectivity index (χ1n) is 12.1. The van der Waals surface area contributed by atoms with Crippen molar-refractivity contribution in [2.45, 2.75) is 37.9 Å². The fourth-order valence-electron chi connectivity index (χ4n) is 4.70. The van der Waals surface area contributed by atoms with Crippen LogP contribution < -0.4 is 0 Å². The molecule has 35 heavy (non-hydrogen) atoms. The van der Waals surface area contributed by atoms with Crippen LogP contribution in [0.25, 0.3) is 0 Å². The molecule has 0 aliphatic carbocycles. The van der Waals surface area contributed by atoms with Crippen LogP contribution in [0.2, 0.25) is 0 Å². The molecule has 0 fully saturated rings. The number of carbonyl (C=O) groups is 2. The number of hydrogen-bond donors (Lipinski definition) is 0. The van der Waals surface area contributed by atoms with E-state index >= 15 is 0 Å². The van der Waals surface area contributed by atoms with E-state index in [4.69, 9.17) is 4.74 Å². The predicted molar refractivity (Wildman–Crippen MR) is 139 cm³/mol. The normalized spacial score (nSPS) is 14.5. The van der Waals surface area contributed by atoms with Crippen molar-refractivity contribution >= 4 is 11.6 Å². The van der Waals surface area contributed by atoms with Gasteiger partial charge in [-0.2, -0.15) is 0 Å². The van der Waals surface area contributed by atoms with Crippen LogP contribution in [0.15, 0.2) is 121 Å². The lowest BCUT2D eigenvalue weighted by molar-refractivity contribution is -0.125.